The van der Waals surface area contributed by atoms with Gasteiger partial charge in [0, 0.05) is 37.5 Å². The number of nitro groups is 1. The molecule has 0 saturated carbocycles. The number of non-ortho nitro benzene ring substituents is 1. The Morgan fingerprint density at radius 2 is 1.86 bits per heavy atom. The summed E-state index contributed by atoms with van der Waals surface area (Å²) in [5, 5.41) is 13.9. The van der Waals surface area contributed by atoms with Crippen LogP contribution in [0.25, 0.3) is 0 Å². The molecular weight excluding hydrogens is 374 g/mol. The second kappa shape index (κ2) is 9.77. The molecule has 0 atom stereocenters. The van der Waals surface area contributed by atoms with Crippen molar-refractivity contribution in [1.29, 1.82) is 0 Å². The van der Waals surface area contributed by atoms with Crippen molar-refractivity contribution < 1.29 is 19.2 Å². The molecule has 8 nitrogen and oxygen atoms in total. The summed E-state index contributed by atoms with van der Waals surface area (Å²) in [7, 11) is 1.60. The number of nitrogens with one attached hydrogen (secondary N) is 1. The van der Waals surface area contributed by atoms with Crippen molar-refractivity contribution in [3.63, 3.8) is 0 Å². The number of nitro benzene ring substituents is 1. The summed E-state index contributed by atoms with van der Waals surface area (Å²) in [5.41, 5.74) is 1.14. The summed E-state index contributed by atoms with van der Waals surface area (Å²) in [4.78, 5) is 24.6. The molecule has 0 fully saturated rings. The van der Waals surface area contributed by atoms with E-state index >= 15 is 0 Å². The molecule has 1 amide bonds. The molecule has 0 saturated heterocycles. The van der Waals surface area contributed by atoms with E-state index in [0.717, 1.165) is 11.3 Å². The lowest BCUT2D eigenvalue weighted by molar-refractivity contribution is -0.384. The Labute approximate surface area is 170 Å². The number of benzene rings is 2. The standard InChI is InChI=1S/C21H27N3O5/c1-21(2,3)29-20(25)22-12-13-23(15-16-8-10-19(28-4)11-9-16)17-6-5-7-18(14-17)24(26)27/h5-11,14H,12-13,15H2,1-4H3,(H,22,25). The molecular formula is C21H27N3O5. The molecule has 156 valence electrons. The normalized spacial score (nSPS) is 10.9. The predicted molar refractivity (Wildman–Crippen MR) is 111 cm³/mol. The Bertz CT molecular complexity index is 831. The SMILES string of the molecule is COc1ccc(CN(CCNC(=O)OC(C)(C)C)c2cccc([N+](=O)[O-])c2)cc1. The summed E-state index contributed by atoms with van der Waals surface area (Å²) in [6, 6.07) is 14.0. The topological polar surface area (TPSA) is 93.9 Å². The van der Waals surface area contributed by atoms with Crippen LogP contribution in [0.4, 0.5) is 16.2 Å². The van der Waals surface area contributed by atoms with Gasteiger partial charge in [0.25, 0.3) is 5.69 Å². The lowest BCUT2D eigenvalue weighted by atomic mass is 10.1. The first-order valence-corrected chi connectivity index (χ1v) is 9.27. The van der Waals surface area contributed by atoms with Gasteiger partial charge in [0.15, 0.2) is 0 Å². The summed E-state index contributed by atoms with van der Waals surface area (Å²) < 4.78 is 10.4. The molecule has 2 rings (SSSR count). The highest BCUT2D eigenvalue weighted by molar-refractivity contribution is 5.67. The van der Waals surface area contributed by atoms with Crippen LogP contribution in [0, 0.1) is 10.1 Å². The molecule has 0 aromatic heterocycles. The third kappa shape index (κ3) is 7.33. The molecule has 8 heteroatoms. The van der Waals surface area contributed by atoms with Crippen LogP contribution in [0.2, 0.25) is 0 Å². The molecule has 2 aromatic carbocycles. The van der Waals surface area contributed by atoms with Crippen LogP contribution >= 0.6 is 0 Å². The van der Waals surface area contributed by atoms with E-state index < -0.39 is 16.6 Å². The summed E-state index contributed by atoms with van der Waals surface area (Å²) in [6.45, 7) is 6.68. The lowest BCUT2D eigenvalue weighted by Crippen LogP contribution is -2.38. The minimum Gasteiger partial charge on any atom is -0.497 e. The Morgan fingerprint density at radius 1 is 1.17 bits per heavy atom. The minimum absolute atomic E-state index is 0.0160. The maximum absolute atomic E-state index is 11.9. The van der Waals surface area contributed by atoms with Crippen molar-refractivity contribution in [2.24, 2.45) is 0 Å². The molecule has 0 unspecified atom stereocenters. The molecule has 29 heavy (non-hydrogen) atoms. The van der Waals surface area contributed by atoms with Gasteiger partial charge in [-0.25, -0.2) is 4.79 Å². The molecule has 0 aliphatic heterocycles. The highest BCUT2D eigenvalue weighted by atomic mass is 16.6. The van der Waals surface area contributed by atoms with Crippen LogP contribution in [0.5, 0.6) is 5.75 Å². The predicted octanol–water partition coefficient (Wildman–Crippen LogP) is 4.13. The number of alkyl carbamates (subject to hydrolysis) is 1. The number of ether oxygens (including phenoxy) is 2. The number of rotatable bonds is 8. The summed E-state index contributed by atoms with van der Waals surface area (Å²) in [5.74, 6) is 0.752. The first kappa shape index (κ1) is 22.0. The van der Waals surface area contributed by atoms with Crippen LogP contribution in [0.1, 0.15) is 26.3 Å². The number of amides is 1. The fourth-order valence-electron chi connectivity index (χ4n) is 2.66. The van der Waals surface area contributed by atoms with Crippen LogP contribution in [0.15, 0.2) is 48.5 Å². The molecule has 0 aliphatic rings. The van der Waals surface area contributed by atoms with Gasteiger partial charge >= 0.3 is 6.09 Å². The molecule has 0 spiro atoms. The van der Waals surface area contributed by atoms with Crippen molar-refractivity contribution in [1.82, 2.24) is 5.32 Å². The van der Waals surface area contributed by atoms with Crippen molar-refractivity contribution in [2.45, 2.75) is 32.9 Å². The van der Waals surface area contributed by atoms with E-state index in [1.807, 2.05) is 35.2 Å². The quantitative estimate of drug-likeness (QED) is 0.528. The number of nitrogens with zero attached hydrogens (tertiary/aromatic N) is 2. The Morgan fingerprint density at radius 3 is 2.45 bits per heavy atom. The molecule has 2 aromatic rings. The number of methoxy groups -OCH3 is 1. The summed E-state index contributed by atoms with van der Waals surface area (Å²) >= 11 is 0. The highest BCUT2D eigenvalue weighted by Gasteiger charge is 2.17. The van der Waals surface area contributed by atoms with Gasteiger partial charge in [0.05, 0.1) is 12.0 Å². The smallest absolute Gasteiger partial charge is 0.407 e. The van der Waals surface area contributed by atoms with Crippen LogP contribution < -0.4 is 15.0 Å². The highest BCUT2D eigenvalue weighted by Crippen LogP contribution is 2.23. The van der Waals surface area contributed by atoms with Gasteiger partial charge in [-0.3, -0.25) is 10.1 Å². The zero-order valence-corrected chi connectivity index (χ0v) is 17.2. The van der Waals surface area contributed by atoms with Crippen molar-refractivity contribution >= 4 is 17.5 Å². The average Bonchev–Trinajstić information content (AvgIpc) is 2.66. The zero-order chi connectivity index (χ0) is 21.4. The Kier molecular flexibility index (Phi) is 7.41. The van der Waals surface area contributed by atoms with E-state index in [2.05, 4.69) is 5.32 Å². The Hall–Kier alpha value is -3.29. The number of hydrogen-bond acceptors (Lipinski definition) is 6. The van der Waals surface area contributed by atoms with E-state index in [4.69, 9.17) is 9.47 Å². The Balaban J connectivity index is 2.13. The maximum Gasteiger partial charge on any atom is 0.407 e. The van der Waals surface area contributed by atoms with Crippen LogP contribution in [-0.4, -0.2) is 36.8 Å². The van der Waals surface area contributed by atoms with Gasteiger partial charge in [-0.15, -0.1) is 0 Å². The van der Waals surface area contributed by atoms with E-state index in [-0.39, 0.29) is 5.69 Å². The monoisotopic (exact) mass is 401 g/mol. The van der Waals surface area contributed by atoms with Crippen molar-refractivity contribution in [2.75, 3.05) is 25.1 Å². The fraction of sp³-hybridized carbons (Fsp3) is 0.381. The zero-order valence-electron chi connectivity index (χ0n) is 17.2. The van der Waals surface area contributed by atoms with Crippen molar-refractivity contribution in [3.05, 3.63) is 64.2 Å². The molecule has 0 aliphatic carbocycles. The largest absolute Gasteiger partial charge is 0.497 e. The molecule has 0 bridgehead atoms. The van der Waals surface area contributed by atoms with Crippen LogP contribution in [-0.2, 0) is 11.3 Å². The van der Waals surface area contributed by atoms with E-state index in [1.165, 1.54) is 12.1 Å². The van der Waals surface area contributed by atoms with Crippen molar-refractivity contribution in [3.8, 4) is 5.75 Å². The van der Waals surface area contributed by atoms with Gasteiger partial charge < -0.3 is 19.7 Å². The van der Waals surface area contributed by atoms with Gasteiger partial charge in [-0.1, -0.05) is 18.2 Å². The van der Waals surface area contributed by atoms with E-state index in [0.29, 0.717) is 25.3 Å². The molecule has 0 heterocycles. The van der Waals surface area contributed by atoms with Gasteiger partial charge in [0.1, 0.15) is 11.4 Å². The number of carbonyl (C=O) groups is 1. The molecule has 1 N–H and O–H groups in total. The summed E-state index contributed by atoms with van der Waals surface area (Å²) in [6.07, 6.45) is -0.499. The van der Waals surface area contributed by atoms with E-state index in [1.54, 1.807) is 33.9 Å². The first-order valence-electron chi connectivity index (χ1n) is 9.27. The third-order valence-corrected chi connectivity index (χ3v) is 3.99. The fourth-order valence-corrected chi connectivity index (χ4v) is 2.66. The first-order chi connectivity index (χ1) is 13.7. The lowest BCUT2D eigenvalue weighted by Gasteiger charge is -2.26. The third-order valence-electron chi connectivity index (χ3n) is 3.99. The van der Waals surface area contributed by atoms with Gasteiger partial charge in [-0.05, 0) is 44.5 Å². The minimum atomic E-state index is -0.576. The van der Waals surface area contributed by atoms with Gasteiger partial charge in [0.2, 0.25) is 0 Å². The molecule has 0 radical (unpaired) electrons. The number of anilines is 1. The average molecular weight is 401 g/mol. The van der Waals surface area contributed by atoms with E-state index in [9.17, 15) is 14.9 Å². The second-order valence-electron chi connectivity index (χ2n) is 7.48. The maximum atomic E-state index is 11.9. The number of carbonyl (C=O) groups excluding carboxylic acids is 1. The number of hydrogen-bond donors (Lipinski definition) is 1. The van der Waals surface area contributed by atoms with Gasteiger partial charge in [-0.2, -0.15) is 0 Å². The second-order valence-corrected chi connectivity index (χ2v) is 7.48. The van der Waals surface area contributed by atoms with Crippen LogP contribution in [0.3, 0.4) is 0 Å².